The van der Waals surface area contributed by atoms with E-state index in [0.717, 1.165) is 24.5 Å². The van der Waals surface area contributed by atoms with Gasteiger partial charge in [-0.1, -0.05) is 6.07 Å². The van der Waals surface area contributed by atoms with Crippen molar-refractivity contribution in [3.05, 3.63) is 23.8 Å². The first-order valence-electron chi connectivity index (χ1n) is 4.95. The van der Waals surface area contributed by atoms with Crippen LogP contribution in [0.1, 0.15) is 17.9 Å². The van der Waals surface area contributed by atoms with Crippen molar-refractivity contribution >= 4 is 5.69 Å². The van der Waals surface area contributed by atoms with Crippen LogP contribution < -0.4 is 15.8 Å². The number of benzene rings is 1. The highest BCUT2D eigenvalue weighted by Crippen LogP contribution is 2.29. The number of hydrogen-bond acceptors (Lipinski definition) is 3. The molecule has 1 aliphatic heterocycles. The second-order valence-corrected chi connectivity index (χ2v) is 3.68. The first-order chi connectivity index (χ1) is 6.81. The number of ether oxygens (including phenoxy) is 1. The van der Waals surface area contributed by atoms with Crippen molar-refractivity contribution in [1.82, 2.24) is 5.32 Å². The summed E-state index contributed by atoms with van der Waals surface area (Å²) in [6, 6.07) is 5.95. The Morgan fingerprint density at radius 1 is 1.50 bits per heavy atom. The zero-order chi connectivity index (χ0) is 9.97. The quantitative estimate of drug-likeness (QED) is 0.695. The minimum absolute atomic E-state index is 0.570. The Kier molecular flexibility index (Phi) is 2.59. The maximum Gasteiger partial charge on any atom is 0.120 e. The molecule has 3 N–H and O–H groups in total. The molecule has 3 heteroatoms. The van der Waals surface area contributed by atoms with E-state index in [9.17, 15) is 0 Å². The lowest BCUT2D eigenvalue weighted by atomic mass is 9.97. The van der Waals surface area contributed by atoms with Gasteiger partial charge in [-0.3, -0.25) is 0 Å². The summed E-state index contributed by atoms with van der Waals surface area (Å²) in [6.07, 6.45) is 1.18. The van der Waals surface area contributed by atoms with Crippen LogP contribution in [0.3, 0.4) is 0 Å². The van der Waals surface area contributed by atoms with Crippen molar-refractivity contribution in [3.63, 3.8) is 0 Å². The van der Waals surface area contributed by atoms with Gasteiger partial charge in [0.1, 0.15) is 5.75 Å². The Morgan fingerprint density at radius 3 is 2.93 bits per heavy atom. The number of nitrogens with two attached hydrogens (primary N) is 1. The van der Waals surface area contributed by atoms with Crippen molar-refractivity contribution in [2.75, 3.05) is 25.9 Å². The van der Waals surface area contributed by atoms with Gasteiger partial charge in [-0.2, -0.15) is 0 Å². The molecule has 14 heavy (non-hydrogen) atoms. The van der Waals surface area contributed by atoms with Gasteiger partial charge in [0.2, 0.25) is 0 Å². The number of rotatable bonds is 2. The van der Waals surface area contributed by atoms with Crippen LogP contribution in [0.15, 0.2) is 18.2 Å². The van der Waals surface area contributed by atoms with Crippen molar-refractivity contribution in [1.29, 1.82) is 0 Å². The molecule has 1 saturated heterocycles. The van der Waals surface area contributed by atoms with Crippen LogP contribution >= 0.6 is 0 Å². The number of anilines is 1. The highest BCUT2D eigenvalue weighted by Gasteiger charge is 2.18. The minimum Gasteiger partial charge on any atom is -0.497 e. The summed E-state index contributed by atoms with van der Waals surface area (Å²) >= 11 is 0. The lowest BCUT2D eigenvalue weighted by Gasteiger charge is -2.12. The number of nitrogen functional groups attached to an aromatic ring is 1. The van der Waals surface area contributed by atoms with E-state index < -0.39 is 0 Å². The average Bonchev–Trinajstić information content (AvgIpc) is 2.70. The van der Waals surface area contributed by atoms with Crippen molar-refractivity contribution in [2.24, 2.45) is 0 Å². The average molecular weight is 192 g/mol. The Hall–Kier alpha value is -1.22. The number of nitrogens with one attached hydrogen (secondary N) is 1. The van der Waals surface area contributed by atoms with E-state index in [0.29, 0.717) is 5.92 Å². The molecule has 2 rings (SSSR count). The smallest absolute Gasteiger partial charge is 0.120 e. The predicted octanol–water partition coefficient (Wildman–Crippen LogP) is 1.35. The molecule has 1 aliphatic rings. The second-order valence-electron chi connectivity index (χ2n) is 3.68. The van der Waals surface area contributed by atoms with Crippen LogP contribution in [-0.2, 0) is 0 Å². The van der Waals surface area contributed by atoms with Crippen LogP contribution in [0.4, 0.5) is 5.69 Å². The van der Waals surface area contributed by atoms with Crippen LogP contribution in [0, 0.1) is 0 Å². The van der Waals surface area contributed by atoms with Gasteiger partial charge >= 0.3 is 0 Å². The number of hydrogen-bond donors (Lipinski definition) is 2. The molecule has 0 amide bonds. The maximum absolute atomic E-state index is 5.97. The lowest BCUT2D eigenvalue weighted by molar-refractivity contribution is 0.415. The molecule has 0 spiro atoms. The molecule has 1 fully saturated rings. The first kappa shape index (κ1) is 9.34. The van der Waals surface area contributed by atoms with Gasteiger partial charge in [-0.25, -0.2) is 0 Å². The fraction of sp³-hybridized carbons (Fsp3) is 0.455. The predicted molar refractivity (Wildman–Crippen MR) is 57.6 cm³/mol. The van der Waals surface area contributed by atoms with Gasteiger partial charge in [0, 0.05) is 18.3 Å². The first-order valence-corrected chi connectivity index (χ1v) is 4.95. The summed E-state index contributed by atoms with van der Waals surface area (Å²) in [7, 11) is 1.66. The van der Waals surface area contributed by atoms with E-state index in [4.69, 9.17) is 10.5 Å². The Morgan fingerprint density at radius 2 is 2.36 bits per heavy atom. The van der Waals surface area contributed by atoms with Crippen LogP contribution in [0.25, 0.3) is 0 Å². The molecule has 1 heterocycles. The molecule has 0 bridgehead atoms. The fourth-order valence-corrected chi connectivity index (χ4v) is 1.97. The SMILES string of the molecule is COc1ccc(C2CCNC2)c(N)c1. The van der Waals surface area contributed by atoms with Crippen molar-refractivity contribution in [2.45, 2.75) is 12.3 Å². The van der Waals surface area contributed by atoms with E-state index in [2.05, 4.69) is 11.4 Å². The highest BCUT2D eigenvalue weighted by atomic mass is 16.5. The van der Waals surface area contributed by atoms with Gasteiger partial charge in [0.25, 0.3) is 0 Å². The Labute approximate surface area is 84.3 Å². The minimum atomic E-state index is 0.570. The molecule has 0 aromatic heterocycles. The van der Waals surface area contributed by atoms with E-state index in [1.807, 2.05) is 12.1 Å². The van der Waals surface area contributed by atoms with E-state index in [1.165, 1.54) is 12.0 Å². The van der Waals surface area contributed by atoms with Crippen LogP contribution in [-0.4, -0.2) is 20.2 Å². The molecule has 1 unspecified atom stereocenters. The van der Waals surface area contributed by atoms with Crippen LogP contribution in [0.2, 0.25) is 0 Å². The summed E-state index contributed by atoms with van der Waals surface area (Å²) < 4.78 is 5.12. The highest BCUT2D eigenvalue weighted by molar-refractivity contribution is 5.53. The van der Waals surface area contributed by atoms with E-state index >= 15 is 0 Å². The second kappa shape index (κ2) is 3.88. The van der Waals surface area contributed by atoms with Gasteiger partial charge in [-0.15, -0.1) is 0 Å². The lowest BCUT2D eigenvalue weighted by Crippen LogP contribution is -2.09. The molecule has 0 aliphatic carbocycles. The molecular formula is C11H16N2O. The summed E-state index contributed by atoms with van der Waals surface area (Å²) in [5.41, 5.74) is 8.06. The standard InChI is InChI=1S/C11H16N2O/c1-14-9-2-3-10(11(12)6-9)8-4-5-13-7-8/h2-3,6,8,13H,4-5,7,12H2,1H3. The van der Waals surface area contributed by atoms with Gasteiger partial charge in [-0.05, 0) is 30.5 Å². The van der Waals surface area contributed by atoms with E-state index in [-0.39, 0.29) is 0 Å². The molecule has 0 radical (unpaired) electrons. The Balaban J connectivity index is 2.25. The molecule has 0 saturated carbocycles. The third-order valence-electron chi connectivity index (χ3n) is 2.79. The maximum atomic E-state index is 5.97. The Bertz CT molecular complexity index is 319. The van der Waals surface area contributed by atoms with Gasteiger partial charge in [0.15, 0.2) is 0 Å². The van der Waals surface area contributed by atoms with E-state index in [1.54, 1.807) is 7.11 Å². The molecule has 76 valence electrons. The zero-order valence-corrected chi connectivity index (χ0v) is 8.42. The monoisotopic (exact) mass is 192 g/mol. The normalized spacial score (nSPS) is 21.1. The molecular weight excluding hydrogens is 176 g/mol. The molecule has 3 nitrogen and oxygen atoms in total. The largest absolute Gasteiger partial charge is 0.497 e. The van der Waals surface area contributed by atoms with Crippen LogP contribution in [0.5, 0.6) is 5.75 Å². The summed E-state index contributed by atoms with van der Waals surface area (Å²) in [5.74, 6) is 1.40. The molecule has 1 aromatic rings. The summed E-state index contributed by atoms with van der Waals surface area (Å²) in [4.78, 5) is 0. The van der Waals surface area contributed by atoms with Gasteiger partial charge < -0.3 is 15.8 Å². The summed E-state index contributed by atoms with van der Waals surface area (Å²) in [6.45, 7) is 2.13. The zero-order valence-electron chi connectivity index (χ0n) is 8.42. The third kappa shape index (κ3) is 1.68. The fourth-order valence-electron chi connectivity index (χ4n) is 1.97. The molecule has 1 atom stereocenters. The van der Waals surface area contributed by atoms with Crippen molar-refractivity contribution < 1.29 is 4.74 Å². The molecule has 1 aromatic carbocycles. The third-order valence-corrected chi connectivity index (χ3v) is 2.79. The summed E-state index contributed by atoms with van der Waals surface area (Å²) in [5, 5.41) is 3.34. The van der Waals surface area contributed by atoms with Gasteiger partial charge in [0.05, 0.1) is 7.11 Å². The number of methoxy groups -OCH3 is 1. The topological polar surface area (TPSA) is 47.3 Å². The van der Waals surface area contributed by atoms with Crippen molar-refractivity contribution in [3.8, 4) is 5.75 Å².